The van der Waals surface area contributed by atoms with E-state index in [0.717, 1.165) is 5.56 Å². The molecule has 102 valence electrons. The Bertz CT molecular complexity index is 683. The van der Waals surface area contributed by atoms with Crippen LogP contribution < -0.4 is 5.32 Å². The van der Waals surface area contributed by atoms with Crippen LogP contribution in [0.2, 0.25) is 5.02 Å². The monoisotopic (exact) mass is 289 g/mol. The largest absolute Gasteiger partial charge is 0.478 e. The van der Waals surface area contributed by atoms with Crippen LogP contribution in [0.4, 0.5) is 5.69 Å². The molecule has 0 fully saturated rings. The first-order valence-electron chi connectivity index (χ1n) is 5.88. The third-order valence-electron chi connectivity index (χ3n) is 2.82. The summed E-state index contributed by atoms with van der Waals surface area (Å²) < 4.78 is 0. The maximum atomic E-state index is 12.1. The standard InChI is InChI=1S/C15H12ClNO3/c1-9-5-6-12(16)8-13(9)17-14(18)10-3-2-4-11(7-10)15(19)20/h2-8H,1H3,(H,17,18)(H,19,20). The predicted molar refractivity (Wildman–Crippen MR) is 77.5 cm³/mol. The number of carbonyl (C=O) groups excluding carboxylic acids is 1. The topological polar surface area (TPSA) is 66.4 Å². The zero-order chi connectivity index (χ0) is 14.7. The van der Waals surface area contributed by atoms with Gasteiger partial charge in [-0.25, -0.2) is 4.79 Å². The number of carboxylic acid groups (broad SMARTS) is 1. The van der Waals surface area contributed by atoms with Crippen molar-refractivity contribution >= 4 is 29.2 Å². The minimum Gasteiger partial charge on any atom is -0.478 e. The molecule has 1 amide bonds. The number of amides is 1. The van der Waals surface area contributed by atoms with Crippen LogP contribution in [-0.2, 0) is 0 Å². The molecule has 0 saturated heterocycles. The van der Waals surface area contributed by atoms with Crippen molar-refractivity contribution in [2.45, 2.75) is 6.92 Å². The lowest BCUT2D eigenvalue weighted by atomic mass is 10.1. The summed E-state index contributed by atoms with van der Waals surface area (Å²) in [6, 6.07) is 11.0. The van der Waals surface area contributed by atoms with Gasteiger partial charge < -0.3 is 10.4 Å². The highest BCUT2D eigenvalue weighted by molar-refractivity contribution is 6.31. The molecule has 0 aliphatic heterocycles. The van der Waals surface area contributed by atoms with Gasteiger partial charge in [0.05, 0.1) is 5.56 Å². The van der Waals surface area contributed by atoms with E-state index in [4.69, 9.17) is 16.7 Å². The quantitative estimate of drug-likeness (QED) is 0.907. The van der Waals surface area contributed by atoms with Crippen molar-refractivity contribution in [3.63, 3.8) is 0 Å². The van der Waals surface area contributed by atoms with Crippen molar-refractivity contribution in [2.75, 3.05) is 5.32 Å². The number of hydrogen-bond donors (Lipinski definition) is 2. The number of carbonyl (C=O) groups is 2. The zero-order valence-electron chi connectivity index (χ0n) is 10.7. The van der Waals surface area contributed by atoms with E-state index in [0.29, 0.717) is 10.7 Å². The van der Waals surface area contributed by atoms with Crippen LogP contribution in [0.3, 0.4) is 0 Å². The normalized spacial score (nSPS) is 10.1. The second kappa shape index (κ2) is 5.75. The van der Waals surface area contributed by atoms with E-state index in [-0.39, 0.29) is 17.0 Å². The number of halogens is 1. The summed E-state index contributed by atoms with van der Waals surface area (Å²) in [6.45, 7) is 1.85. The number of hydrogen-bond acceptors (Lipinski definition) is 2. The number of anilines is 1. The van der Waals surface area contributed by atoms with E-state index >= 15 is 0 Å². The van der Waals surface area contributed by atoms with E-state index in [9.17, 15) is 9.59 Å². The fourth-order valence-corrected chi connectivity index (χ4v) is 1.89. The van der Waals surface area contributed by atoms with E-state index in [2.05, 4.69) is 5.32 Å². The number of rotatable bonds is 3. The fraction of sp³-hybridized carbons (Fsp3) is 0.0667. The van der Waals surface area contributed by atoms with Gasteiger partial charge in [-0.3, -0.25) is 4.79 Å². The number of nitrogens with one attached hydrogen (secondary N) is 1. The third kappa shape index (κ3) is 3.16. The second-order valence-electron chi connectivity index (χ2n) is 4.30. The number of benzene rings is 2. The predicted octanol–water partition coefficient (Wildman–Crippen LogP) is 3.60. The van der Waals surface area contributed by atoms with Gasteiger partial charge in [-0.05, 0) is 42.8 Å². The van der Waals surface area contributed by atoms with Crippen molar-refractivity contribution in [3.8, 4) is 0 Å². The van der Waals surface area contributed by atoms with E-state index in [1.54, 1.807) is 24.3 Å². The molecule has 20 heavy (non-hydrogen) atoms. The summed E-state index contributed by atoms with van der Waals surface area (Å²) >= 11 is 5.88. The van der Waals surface area contributed by atoms with Gasteiger partial charge in [0.25, 0.3) is 5.91 Å². The summed E-state index contributed by atoms with van der Waals surface area (Å²) in [5.41, 5.74) is 1.82. The molecule has 0 heterocycles. The molecule has 0 spiro atoms. The molecule has 0 saturated carbocycles. The molecule has 0 aliphatic rings. The lowest BCUT2D eigenvalue weighted by Gasteiger charge is -2.09. The molecule has 5 heteroatoms. The van der Waals surface area contributed by atoms with Crippen molar-refractivity contribution in [1.82, 2.24) is 0 Å². The molecule has 2 N–H and O–H groups in total. The summed E-state index contributed by atoms with van der Waals surface area (Å²) in [5.74, 6) is -1.45. The number of aromatic carboxylic acids is 1. The van der Waals surface area contributed by atoms with Gasteiger partial charge in [-0.15, -0.1) is 0 Å². The smallest absolute Gasteiger partial charge is 0.335 e. The lowest BCUT2D eigenvalue weighted by molar-refractivity contribution is 0.0697. The highest BCUT2D eigenvalue weighted by Gasteiger charge is 2.11. The second-order valence-corrected chi connectivity index (χ2v) is 4.74. The van der Waals surface area contributed by atoms with Crippen LogP contribution in [-0.4, -0.2) is 17.0 Å². The van der Waals surface area contributed by atoms with E-state index < -0.39 is 5.97 Å². The molecule has 0 unspecified atom stereocenters. The van der Waals surface area contributed by atoms with Gasteiger partial charge in [0.2, 0.25) is 0 Å². The Hall–Kier alpha value is -2.33. The van der Waals surface area contributed by atoms with Crippen LogP contribution in [0.5, 0.6) is 0 Å². The Labute approximate surface area is 121 Å². The van der Waals surface area contributed by atoms with Crippen LogP contribution in [0.25, 0.3) is 0 Å². The lowest BCUT2D eigenvalue weighted by Crippen LogP contribution is -2.13. The maximum absolute atomic E-state index is 12.1. The molecule has 0 aliphatic carbocycles. The minimum absolute atomic E-state index is 0.0699. The first-order valence-corrected chi connectivity index (χ1v) is 6.26. The molecule has 0 atom stereocenters. The third-order valence-corrected chi connectivity index (χ3v) is 3.05. The first kappa shape index (κ1) is 14.1. The van der Waals surface area contributed by atoms with Gasteiger partial charge in [-0.2, -0.15) is 0 Å². The molecule has 4 nitrogen and oxygen atoms in total. The molecule has 0 bridgehead atoms. The summed E-state index contributed by atoms with van der Waals surface area (Å²) in [5, 5.41) is 12.1. The first-order chi connectivity index (χ1) is 9.47. The van der Waals surface area contributed by atoms with Crippen molar-refractivity contribution in [3.05, 3.63) is 64.2 Å². The molecular formula is C15H12ClNO3. The summed E-state index contributed by atoms with van der Waals surface area (Å²) in [4.78, 5) is 23.0. The molecule has 0 radical (unpaired) electrons. The summed E-state index contributed by atoms with van der Waals surface area (Å²) in [7, 11) is 0. The maximum Gasteiger partial charge on any atom is 0.335 e. The van der Waals surface area contributed by atoms with Crippen LogP contribution in [0.15, 0.2) is 42.5 Å². The van der Waals surface area contributed by atoms with Gasteiger partial charge >= 0.3 is 5.97 Å². The van der Waals surface area contributed by atoms with Crippen molar-refractivity contribution in [2.24, 2.45) is 0 Å². The highest BCUT2D eigenvalue weighted by Crippen LogP contribution is 2.21. The Morgan fingerprint density at radius 1 is 1.10 bits per heavy atom. The molecule has 2 aromatic rings. The average molecular weight is 290 g/mol. The Morgan fingerprint density at radius 3 is 2.50 bits per heavy atom. The van der Waals surface area contributed by atoms with Crippen molar-refractivity contribution < 1.29 is 14.7 Å². The zero-order valence-corrected chi connectivity index (χ0v) is 11.4. The van der Waals surface area contributed by atoms with Crippen LogP contribution in [0.1, 0.15) is 26.3 Å². The van der Waals surface area contributed by atoms with E-state index in [1.807, 2.05) is 6.92 Å². The van der Waals surface area contributed by atoms with Gasteiger partial charge in [0.1, 0.15) is 0 Å². The molecule has 0 aromatic heterocycles. The highest BCUT2D eigenvalue weighted by atomic mass is 35.5. The van der Waals surface area contributed by atoms with Gasteiger partial charge in [0.15, 0.2) is 0 Å². The molecule has 2 rings (SSSR count). The van der Waals surface area contributed by atoms with Gasteiger partial charge in [-0.1, -0.05) is 23.7 Å². The molecule has 2 aromatic carbocycles. The number of aryl methyl sites for hydroxylation is 1. The number of carboxylic acids is 1. The fourth-order valence-electron chi connectivity index (χ4n) is 1.72. The Morgan fingerprint density at radius 2 is 1.80 bits per heavy atom. The van der Waals surface area contributed by atoms with Crippen molar-refractivity contribution in [1.29, 1.82) is 0 Å². The minimum atomic E-state index is -1.07. The van der Waals surface area contributed by atoms with Crippen LogP contribution >= 0.6 is 11.6 Å². The van der Waals surface area contributed by atoms with E-state index in [1.165, 1.54) is 18.2 Å². The SMILES string of the molecule is Cc1ccc(Cl)cc1NC(=O)c1cccc(C(=O)O)c1. The summed E-state index contributed by atoms with van der Waals surface area (Å²) in [6.07, 6.45) is 0. The average Bonchev–Trinajstić information content (AvgIpc) is 2.43. The molecular weight excluding hydrogens is 278 g/mol. The van der Waals surface area contributed by atoms with Gasteiger partial charge in [0, 0.05) is 16.3 Å². The Kier molecular flexibility index (Phi) is 4.05. The Balaban J connectivity index is 2.26. The van der Waals surface area contributed by atoms with Crippen LogP contribution in [0, 0.1) is 6.92 Å².